The van der Waals surface area contributed by atoms with Gasteiger partial charge in [-0.15, -0.1) is 0 Å². The Kier molecular flexibility index (Phi) is 1.86. The first-order valence-corrected chi connectivity index (χ1v) is 6.27. The summed E-state index contributed by atoms with van der Waals surface area (Å²) in [6.45, 7) is 3.15. The third kappa shape index (κ3) is 1.19. The quantitative estimate of drug-likeness (QED) is 0.771. The number of pyridine rings is 2. The first-order chi connectivity index (χ1) is 8.78. The molecule has 2 aliphatic heterocycles. The summed E-state index contributed by atoms with van der Waals surface area (Å²) in [7, 11) is 0. The van der Waals surface area contributed by atoms with Crippen molar-refractivity contribution in [1.82, 2.24) is 15.3 Å². The number of anilines is 2. The molecular weight excluding hydrogens is 226 g/mol. The minimum absolute atomic E-state index is 0.281. The van der Waals surface area contributed by atoms with Crippen LogP contribution in [0.4, 0.5) is 11.6 Å². The lowest BCUT2D eigenvalue weighted by Crippen LogP contribution is -2.76. The molecule has 2 saturated heterocycles. The van der Waals surface area contributed by atoms with Crippen molar-refractivity contribution >= 4 is 22.4 Å². The second-order valence-corrected chi connectivity index (χ2v) is 5.20. The Hall–Kier alpha value is -1.88. The van der Waals surface area contributed by atoms with E-state index in [2.05, 4.69) is 20.2 Å². The maximum absolute atomic E-state index is 5.92. The zero-order valence-electron chi connectivity index (χ0n) is 10.1. The minimum atomic E-state index is 0.281. The van der Waals surface area contributed by atoms with E-state index in [0.29, 0.717) is 5.82 Å². The smallest absolute Gasteiger partial charge is 0.141 e. The van der Waals surface area contributed by atoms with Crippen molar-refractivity contribution in [1.29, 1.82) is 0 Å². The molecular formula is C13H15N5. The molecule has 0 aromatic carbocycles. The van der Waals surface area contributed by atoms with E-state index in [1.54, 1.807) is 6.20 Å². The highest BCUT2D eigenvalue weighted by Gasteiger charge is 2.50. The largest absolute Gasteiger partial charge is 0.384 e. The van der Waals surface area contributed by atoms with Crippen molar-refractivity contribution in [2.24, 2.45) is 0 Å². The fraction of sp³-hybridized carbons (Fsp3) is 0.385. The van der Waals surface area contributed by atoms with Gasteiger partial charge in [-0.1, -0.05) is 0 Å². The van der Waals surface area contributed by atoms with Crippen LogP contribution < -0.4 is 16.0 Å². The summed E-state index contributed by atoms with van der Waals surface area (Å²) in [5.41, 5.74) is 6.20. The Bertz CT molecular complexity index is 614. The van der Waals surface area contributed by atoms with Crippen LogP contribution in [0.5, 0.6) is 0 Å². The fourth-order valence-corrected chi connectivity index (χ4v) is 2.95. The number of nitrogens with zero attached hydrogens (tertiary/aromatic N) is 3. The van der Waals surface area contributed by atoms with E-state index in [9.17, 15) is 0 Å². The zero-order valence-corrected chi connectivity index (χ0v) is 10.1. The SMILES string of the molecule is Nc1cc2ccncc2c(N2CCC23CNC3)n1. The van der Waals surface area contributed by atoms with Gasteiger partial charge in [-0.3, -0.25) is 4.98 Å². The van der Waals surface area contributed by atoms with Crippen LogP contribution in [-0.4, -0.2) is 35.1 Å². The number of rotatable bonds is 1. The van der Waals surface area contributed by atoms with Gasteiger partial charge in [-0.2, -0.15) is 0 Å². The highest BCUT2D eigenvalue weighted by atomic mass is 15.4. The predicted molar refractivity (Wildman–Crippen MR) is 71.5 cm³/mol. The lowest BCUT2D eigenvalue weighted by Gasteiger charge is -2.59. The standard InChI is InChI=1S/C13H15N5/c14-11-5-9-1-3-15-6-10(9)12(17-11)18-4-2-13(18)7-16-8-13/h1,3,5-6,16H,2,4,7-8H2,(H2,14,17). The van der Waals surface area contributed by atoms with Crippen LogP contribution in [0.2, 0.25) is 0 Å². The van der Waals surface area contributed by atoms with E-state index in [1.165, 1.54) is 6.42 Å². The number of nitrogens with two attached hydrogens (primary N) is 1. The maximum atomic E-state index is 5.92. The minimum Gasteiger partial charge on any atom is -0.384 e. The Morgan fingerprint density at radius 2 is 2.28 bits per heavy atom. The van der Waals surface area contributed by atoms with Gasteiger partial charge in [0.2, 0.25) is 0 Å². The van der Waals surface area contributed by atoms with E-state index >= 15 is 0 Å². The first-order valence-electron chi connectivity index (χ1n) is 6.27. The Morgan fingerprint density at radius 1 is 1.39 bits per heavy atom. The molecule has 0 aliphatic carbocycles. The van der Waals surface area contributed by atoms with Crippen molar-refractivity contribution in [3.05, 3.63) is 24.5 Å². The van der Waals surface area contributed by atoms with Crippen LogP contribution in [0.1, 0.15) is 6.42 Å². The molecule has 4 rings (SSSR count). The number of hydrogen-bond donors (Lipinski definition) is 2. The second-order valence-electron chi connectivity index (χ2n) is 5.20. The number of nitrogen functional groups attached to an aromatic ring is 1. The van der Waals surface area contributed by atoms with E-state index in [4.69, 9.17) is 5.73 Å². The summed E-state index contributed by atoms with van der Waals surface area (Å²) in [6, 6.07) is 3.90. The summed E-state index contributed by atoms with van der Waals surface area (Å²) in [5.74, 6) is 1.57. The summed E-state index contributed by atoms with van der Waals surface area (Å²) in [6.07, 6.45) is 4.91. The Labute approximate surface area is 105 Å². The van der Waals surface area contributed by atoms with Crippen LogP contribution in [0.25, 0.3) is 10.8 Å². The molecule has 0 atom stereocenters. The Morgan fingerprint density at radius 3 is 2.94 bits per heavy atom. The van der Waals surface area contributed by atoms with E-state index in [0.717, 1.165) is 36.2 Å². The molecule has 4 heterocycles. The van der Waals surface area contributed by atoms with Gasteiger partial charge in [-0.25, -0.2) is 4.98 Å². The monoisotopic (exact) mass is 241 g/mol. The number of aromatic nitrogens is 2. The van der Waals surface area contributed by atoms with Crippen molar-refractivity contribution in [3.63, 3.8) is 0 Å². The highest BCUT2D eigenvalue weighted by Crippen LogP contribution is 2.40. The van der Waals surface area contributed by atoms with Crippen molar-refractivity contribution in [2.75, 3.05) is 30.3 Å². The molecule has 0 radical (unpaired) electrons. The molecule has 5 nitrogen and oxygen atoms in total. The van der Waals surface area contributed by atoms with E-state index in [1.807, 2.05) is 18.3 Å². The van der Waals surface area contributed by atoms with Gasteiger partial charge >= 0.3 is 0 Å². The predicted octanol–water partition coefficient (Wildman–Crippen LogP) is 0.764. The van der Waals surface area contributed by atoms with Gasteiger partial charge in [0.1, 0.15) is 11.6 Å². The highest BCUT2D eigenvalue weighted by molar-refractivity contribution is 5.94. The van der Waals surface area contributed by atoms with Gasteiger partial charge in [0.25, 0.3) is 0 Å². The van der Waals surface area contributed by atoms with Crippen LogP contribution in [0.3, 0.4) is 0 Å². The van der Waals surface area contributed by atoms with Gasteiger partial charge in [0.05, 0.1) is 5.54 Å². The molecule has 0 saturated carbocycles. The summed E-state index contributed by atoms with van der Waals surface area (Å²) in [4.78, 5) is 11.1. The molecule has 2 aliphatic rings. The average Bonchev–Trinajstić information content (AvgIpc) is 2.25. The van der Waals surface area contributed by atoms with Crippen LogP contribution in [0.15, 0.2) is 24.5 Å². The fourth-order valence-electron chi connectivity index (χ4n) is 2.95. The zero-order chi connectivity index (χ0) is 12.2. The van der Waals surface area contributed by atoms with Crippen LogP contribution >= 0.6 is 0 Å². The molecule has 2 fully saturated rings. The summed E-state index contributed by atoms with van der Waals surface area (Å²) in [5, 5.41) is 5.56. The molecule has 18 heavy (non-hydrogen) atoms. The van der Waals surface area contributed by atoms with Gasteiger partial charge in [-0.05, 0) is 23.9 Å². The first kappa shape index (κ1) is 10.1. The topological polar surface area (TPSA) is 67.1 Å². The van der Waals surface area contributed by atoms with Crippen LogP contribution in [-0.2, 0) is 0 Å². The summed E-state index contributed by atoms with van der Waals surface area (Å²) < 4.78 is 0. The van der Waals surface area contributed by atoms with Gasteiger partial charge < -0.3 is 16.0 Å². The molecule has 0 bridgehead atoms. The maximum Gasteiger partial charge on any atom is 0.141 e. The van der Waals surface area contributed by atoms with Crippen LogP contribution in [0, 0.1) is 0 Å². The number of fused-ring (bicyclic) bond motifs is 1. The van der Waals surface area contributed by atoms with Gasteiger partial charge in [0, 0.05) is 37.4 Å². The lowest BCUT2D eigenvalue weighted by atomic mass is 9.79. The van der Waals surface area contributed by atoms with Gasteiger partial charge in [0.15, 0.2) is 0 Å². The third-order valence-electron chi connectivity index (χ3n) is 4.17. The van der Waals surface area contributed by atoms with Crippen molar-refractivity contribution in [2.45, 2.75) is 12.0 Å². The summed E-state index contributed by atoms with van der Waals surface area (Å²) >= 11 is 0. The normalized spacial score (nSPS) is 20.8. The third-order valence-corrected chi connectivity index (χ3v) is 4.17. The number of nitrogens with one attached hydrogen (secondary N) is 1. The molecule has 3 N–H and O–H groups in total. The second kappa shape index (κ2) is 3.32. The van der Waals surface area contributed by atoms with Crippen molar-refractivity contribution < 1.29 is 0 Å². The molecule has 2 aromatic heterocycles. The molecule has 0 amide bonds. The van der Waals surface area contributed by atoms with E-state index in [-0.39, 0.29) is 5.54 Å². The van der Waals surface area contributed by atoms with Crippen molar-refractivity contribution in [3.8, 4) is 0 Å². The molecule has 5 heteroatoms. The molecule has 0 unspecified atom stereocenters. The lowest BCUT2D eigenvalue weighted by molar-refractivity contribution is 0.178. The Balaban J connectivity index is 1.89. The number of hydrogen-bond acceptors (Lipinski definition) is 5. The molecule has 1 spiro atoms. The average molecular weight is 241 g/mol. The van der Waals surface area contributed by atoms with E-state index < -0.39 is 0 Å². The molecule has 92 valence electrons. The molecule has 2 aromatic rings.